The van der Waals surface area contributed by atoms with Crippen molar-refractivity contribution in [2.45, 2.75) is 10.9 Å². The van der Waals surface area contributed by atoms with E-state index in [2.05, 4.69) is 5.32 Å². The van der Waals surface area contributed by atoms with Gasteiger partial charge >= 0.3 is 0 Å². The number of benzene rings is 2. The van der Waals surface area contributed by atoms with Crippen LogP contribution >= 0.6 is 0 Å². The lowest BCUT2D eigenvalue weighted by molar-refractivity contribution is 0.544. The van der Waals surface area contributed by atoms with Crippen LogP contribution in [0.2, 0.25) is 0 Å². The van der Waals surface area contributed by atoms with E-state index >= 15 is 0 Å². The van der Waals surface area contributed by atoms with E-state index in [1.165, 1.54) is 0 Å². The van der Waals surface area contributed by atoms with Crippen molar-refractivity contribution in [3.05, 3.63) is 65.7 Å². The highest BCUT2D eigenvalue weighted by Gasteiger charge is 2.25. The Hall–Kier alpha value is -1.79. The van der Waals surface area contributed by atoms with Crippen LogP contribution in [-0.4, -0.2) is 21.2 Å². The maximum atomic E-state index is 13.7. The molecule has 2 aromatic rings. The van der Waals surface area contributed by atoms with Crippen molar-refractivity contribution in [1.29, 1.82) is 0 Å². The molecule has 0 fully saturated rings. The maximum absolute atomic E-state index is 13.7. The van der Waals surface area contributed by atoms with Gasteiger partial charge in [0.05, 0.1) is 5.75 Å². The molecule has 0 aliphatic rings. The fraction of sp³-hybridized carbons (Fsp3) is 0.200. The van der Waals surface area contributed by atoms with Gasteiger partial charge in [0.2, 0.25) is 0 Å². The molecule has 2 aromatic carbocycles. The Labute approximate surface area is 122 Å². The first-order valence-electron chi connectivity index (χ1n) is 6.34. The molecule has 0 amide bonds. The van der Waals surface area contributed by atoms with Crippen molar-refractivity contribution in [3.63, 3.8) is 0 Å². The molecule has 0 aromatic heterocycles. The molecule has 0 radical (unpaired) electrons. The number of rotatable bonds is 5. The molecule has 2 rings (SSSR count). The van der Waals surface area contributed by atoms with Crippen LogP contribution in [0.5, 0.6) is 0 Å². The molecule has 0 aliphatic carbocycles. The summed E-state index contributed by atoms with van der Waals surface area (Å²) >= 11 is 0. The van der Waals surface area contributed by atoms with Crippen LogP contribution < -0.4 is 5.32 Å². The zero-order chi connectivity index (χ0) is 15.5. The van der Waals surface area contributed by atoms with E-state index in [1.807, 2.05) is 6.07 Å². The molecule has 1 N–H and O–H groups in total. The van der Waals surface area contributed by atoms with E-state index in [-0.39, 0.29) is 5.75 Å². The van der Waals surface area contributed by atoms with Gasteiger partial charge in [0.25, 0.3) is 0 Å². The van der Waals surface area contributed by atoms with Gasteiger partial charge in [0, 0.05) is 6.04 Å². The quantitative estimate of drug-likeness (QED) is 0.923. The van der Waals surface area contributed by atoms with Crippen molar-refractivity contribution in [1.82, 2.24) is 5.32 Å². The lowest BCUT2D eigenvalue weighted by Gasteiger charge is -2.17. The number of sulfone groups is 1. The second-order valence-corrected chi connectivity index (χ2v) is 6.61. The second kappa shape index (κ2) is 6.32. The second-order valence-electron chi connectivity index (χ2n) is 4.61. The molecule has 1 atom stereocenters. The predicted molar refractivity (Wildman–Crippen MR) is 76.7 cm³/mol. The van der Waals surface area contributed by atoms with Gasteiger partial charge in [-0.25, -0.2) is 17.2 Å². The summed E-state index contributed by atoms with van der Waals surface area (Å²) in [7, 11) is -2.33. The van der Waals surface area contributed by atoms with Gasteiger partial charge in [-0.3, -0.25) is 0 Å². The van der Waals surface area contributed by atoms with Crippen LogP contribution in [0.4, 0.5) is 8.78 Å². The highest BCUT2D eigenvalue weighted by molar-refractivity contribution is 7.91. The number of nitrogens with one attached hydrogen (secondary N) is 1. The van der Waals surface area contributed by atoms with Crippen molar-refractivity contribution in [2.24, 2.45) is 0 Å². The summed E-state index contributed by atoms with van der Waals surface area (Å²) in [6.45, 7) is 0. The zero-order valence-electron chi connectivity index (χ0n) is 11.4. The van der Waals surface area contributed by atoms with Crippen molar-refractivity contribution in [2.75, 3.05) is 12.8 Å². The van der Waals surface area contributed by atoms with Crippen LogP contribution in [0.3, 0.4) is 0 Å². The van der Waals surface area contributed by atoms with E-state index in [4.69, 9.17) is 0 Å². The zero-order valence-corrected chi connectivity index (χ0v) is 12.2. The van der Waals surface area contributed by atoms with Gasteiger partial charge in [-0.1, -0.05) is 30.3 Å². The van der Waals surface area contributed by atoms with E-state index < -0.39 is 32.4 Å². The molecule has 0 saturated carbocycles. The summed E-state index contributed by atoms with van der Waals surface area (Å²) in [5, 5.41) is 2.88. The van der Waals surface area contributed by atoms with E-state index in [1.54, 1.807) is 31.3 Å². The normalized spacial score (nSPS) is 13.1. The third kappa shape index (κ3) is 3.65. The Balaban J connectivity index is 2.34. The summed E-state index contributed by atoms with van der Waals surface area (Å²) in [4.78, 5) is -0.612. The number of hydrogen-bond acceptors (Lipinski definition) is 3. The lowest BCUT2D eigenvalue weighted by atomic mass is 10.1. The van der Waals surface area contributed by atoms with Crippen LogP contribution in [0.15, 0.2) is 53.4 Å². The molecule has 0 bridgehead atoms. The molecule has 0 spiro atoms. The summed E-state index contributed by atoms with van der Waals surface area (Å²) in [6.07, 6.45) is 0. The molecule has 0 heterocycles. The maximum Gasteiger partial charge on any atom is 0.183 e. The summed E-state index contributed by atoms with van der Waals surface area (Å²) in [5.41, 5.74) is 0.764. The van der Waals surface area contributed by atoms with Crippen LogP contribution in [0.25, 0.3) is 0 Å². The van der Waals surface area contributed by atoms with Crippen molar-refractivity contribution >= 4 is 9.84 Å². The first-order valence-corrected chi connectivity index (χ1v) is 7.99. The third-order valence-corrected chi connectivity index (χ3v) is 4.92. The van der Waals surface area contributed by atoms with Gasteiger partial charge < -0.3 is 5.32 Å². The molecular weight excluding hydrogens is 296 g/mol. The fourth-order valence-corrected chi connectivity index (χ4v) is 3.69. The van der Waals surface area contributed by atoms with E-state index in [0.717, 1.165) is 17.7 Å². The Morgan fingerprint density at radius 2 is 1.76 bits per heavy atom. The Kier molecular flexibility index (Phi) is 4.69. The van der Waals surface area contributed by atoms with E-state index in [9.17, 15) is 17.2 Å². The Bertz CT molecular complexity index is 718. The first kappa shape index (κ1) is 15.6. The van der Waals surface area contributed by atoms with Crippen LogP contribution in [-0.2, 0) is 9.84 Å². The minimum absolute atomic E-state index is 0.353. The van der Waals surface area contributed by atoms with Gasteiger partial charge in [-0.2, -0.15) is 0 Å². The molecule has 3 nitrogen and oxygen atoms in total. The lowest BCUT2D eigenvalue weighted by Crippen LogP contribution is -2.25. The average molecular weight is 311 g/mol. The van der Waals surface area contributed by atoms with Gasteiger partial charge in [0.1, 0.15) is 16.5 Å². The standard InChI is InChI=1S/C15H15F2NO2S/c1-18-14(11-5-3-2-4-6-11)10-21(19,20)15-9-12(16)7-8-13(15)17/h2-9,14,18H,10H2,1H3. The minimum Gasteiger partial charge on any atom is -0.312 e. The predicted octanol–water partition coefficient (Wildman–Crippen LogP) is 2.70. The molecule has 6 heteroatoms. The van der Waals surface area contributed by atoms with Crippen LogP contribution in [0.1, 0.15) is 11.6 Å². The molecule has 21 heavy (non-hydrogen) atoms. The largest absolute Gasteiger partial charge is 0.312 e. The van der Waals surface area contributed by atoms with Crippen molar-refractivity contribution in [3.8, 4) is 0 Å². The molecular formula is C15H15F2NO2S. The SMILES string of the molecule is CNC(CS(=O)(=O)c1cc(F)ccc1F)c1ccccc1. The first-order chi connectivity index (χ1) is 9.94. The topological polar surface area (TPSA) is 46.2 Å². The van der Waals surface area contributed by atoms with Crippen molar-refractivity contribution < 1.29 is 17.2 Å². The highest BCUT2D eigenvalue weighted by Crippen LogP contribution is 2.22. The third-order valence-electron chi connectivity index (χ3n) is 3.16. The molecule has 0 aliphatic heterocycles. The van der Waals surface area contributed by atoms with Gasteiger partial charge in [0.15, 0.2) is 9.84 Å². The summed E-state index contributed by atoms with van der Waals surface area (Å²) < 4.78 is 51.4. The van der Waals surface area contributed by atoms with Gasteiger partial charge in [-0.05, 0) is 30.8 Å². The highest BCUT2D eigenvalue weighted by atomic mass is 32.2. The Morgan fingerprint density at radius 3 is 2.38 bits per heavy atom. The molecule has 0 saturated heterocycles. The smallest absolute Gasteiger partial charge is 0.183 e. The fourth-order valence-electron chi connectivity index (χ4n) is 2.06. The van der Waals surface area contributed by atoms with Gasteiger partial charge in [-0.15, -0.1) is 0 Å². The molecule has 112 valence electrons. The number of hydrogen-bond donors (Lipinski definition) is 1. The van der Waals surface area contributed by atoms with Crippen LogP contribution in [0, 0.1) is 11.6 Å². The summed E-state index contributed by atoms with van der Waals surface area (Å²) in [5.74, 6) is -2.08. The Morgan fingerprint density at radius 1 is 1.10 bits per heavy atom. The number of halogens is 2. The summed E-state index contributed by atoms with van der Waals surface area (Å²) in [6, 6.07) is 10.9. The average Bonchev–Trinajstić information content (AvgIpc) is 2.48. The van der Waals surface area contributed by atoms with E-state index in [0.29, 0.717) is 6.07 Å². The monoisotopic (exact) mass is 311 g/mol. The minimum atomic E-state index is -3.95. The molecule has 1 unspecified atom stereocenters.